The van der Waals surface area contributed by atoms with Gasteiger partial charge in [0.05, 0.1) is 0 Å². The van der Waals surface area contributed by atoms with Crippen LogP contribution in [0.15, 0.2) is 0 Å². The predicted octanol–water partition coefficient (Wildman–Crippen LogP) is -8.97. The third-order valence-electron chi connectivity index (χ3n) is 0. The van der Waals surface area contributed by atoms with E-state index in [2.05, 4.69) is 16.0 Å². The van der Waals surface area contributed by atoms with Gasteiger partial charge in [0, 0.05) is 0 Å². The van der Waals surface area contributed by atoms with Gasteiger partial charge in [-0.1, -0.05) is 0 Å². The smallest absolute Gasteiger partial charge is 1.00 e. The molecule has 0 amide bonds. The second-order valence-corrected chi connectivity index (χ2v) is 0.278. The molecule has 0 aromatic rings. The van der Waals surface area contributed by atoms with Crippen molar-refractivity contribution in [2.45, 2.75) is 0 Å². The summed E-state index contributed by atoms with van der Waals surface area (Å²) in [5.41, 5.74) is 0. The van der Waals surface area contributed by atoms with Gasteiger partial charge in [0.15, 0.2) is 0 Å². The molecule has 0 saturated heterocycles. The van der Waals surface area contributed by atoms with Crippen LogP contribution in [0.1, 0.15) is 0 Å². The Morgan fingerprint density at radius 3 is 1.33 bits per heavy atom. The fourth-order valence-electron chi connectivity index (χ4n) is 0. The summed E-state index contributed by atoms with van der Waals surface area (Å²) >= 11 is 3.81. The maximum Gasteiger partial charge on any atom is 1.00 e. The van der Waals surface area contributed by atoms with Crippen LogP contribution in [-0.2, 0) is 16.0 Å². The largest absolute Gasteiger partial charge is 1.00 e. The molecule has 0 aromatic heterocycles. The van der Waals surface area contributed by atoms with E-state index in [1.54, 1.807) is 0 Å². The molecule has 0 atom stereocenters. The zero-order valence-electron chi connectivity index (χ0n) is 3.00. The van der Waals surface area contributed by atoms with E-state index in [1.807, 2.05) is 0 Å². The Hall–Kier alpha value is 1.19. The number of rotatable bonds is 0. The molecule has 0 radical (unpaired) electrons. The maximum atomic E-state index is 7.12. The minimum atomic E-state index is 0. The summed E-state index contributed by atoms with van der Waals surface area (Å²) in [4.78, 5) is 1.31. The first kappa shape index (κ1) is 27.1. The molecule has 0 aliphatic rings. The molecule has 6 heavy (non-hydrogen) atoms. The van der Waals surface area contributed by atoms with E-state index in [9.17, 15) is 0 Å². The average molecular weight is 167 g/mol. The minimum Gasteiger partial charge on any atom is -1.00 e. The summed E-state index contributed by atoms with van der Waals surface area (Å²) in [5, 5.41) is 7.12. The van der Waals surface area contributed by atoms with Gasteiger partial charge in [0.2, 0.25) is 0 Å². The van der Waals surface area contributed by atoms with Gasteiger partial charge in [-0.3, -0.25) is 0 Å². The molecule has 35 valence electrons. The molecule has 1 nitrogen and oxygen atoms in total. The summed E-state index contributed by atoms with van der Waals surface area (Å²) in [7, 11) is 0. The maximum absolute atomic E-state index is 7.12. The van der Waals surface area contributed by atoms with Crippen molar-refractivity contribution in [3.8, 4) is 4.97 Å². The second-order valence-electron chi connectivity index (χ2n) is 0.0674. The third-order valence-corrected chi connectivity index (χ3v) is 0. The topological polar surface area (TPSA) is 23.8 Å². The first-order valence-electron chi connectivity index (χ1n) is 0.374. The SMILES string of the molecule is N#[C][Cu+].[Cl-].[Cl-].[Li+]. The Morgan fingerprint density at radius 2 is 1.33 bits per heavy atom. The molecule has 0 heterocycles. The van der Waals surface area contributed by atoms with E-state index >= 15 is 0 Å². The molecule has 0 rings (SSSR count). The van der Waals surface area contributed by atoms with Crippen LogP contribution in [0.25, 0.3) is 0 Å². The van der Waals surface area contributed by atoms with Crippen molar-refractivity contribution in [1.29, 1.82) is 5.26 Å². The number of hydrogen-bond donors (Lipinski definition) is 0. The first-order chi connectivity index (χ1) is 1.41. The molecular weight excluding hydrogens is 167 g/mol. The van der Waals surface area contributed by atoms with Crippen LogP contribution in [0.4, 0.5) is 0 Å². The minimum absolute atomic E-state index is 0. The van der Waals surface area contributed by atoms with Gasteiger partial charge >= 0.3 is 45.1 Å². The summed E-state index contributed by atoms with van der Waals surface area (Å²) < 4.78 is 0. The number of nitrogens with zero attached hydrogens (tertiary/aromatic N) is 1. The van der Waals surface area contributed by atoms with E-state index < -0.39 is 0 Å². The van der Waals surface area contributed by atoms with Crippen LogP contribution < -0.4 is 43.7 Å². The van der Waals surface area contributed by atoms with Crippen molar-refractivity contribution in [2.75, 3.05) is 0 Å². The Labute approximate surface area is 69.7 Å². The zero-order valence-corrected chi connectivity index (χ0v) is 5.46. The third kappa shape index (κ3) is 64.5. The van der Waals surface area contributed by atoms with E-state index in [4.69, 9.17) is 5.26 Å². The summed E-state index contributed by atoms with van der Waals surface area (Å²) in [5.74, 6) is 0. The van der Waals surface area contributed by atoms with E-state index in [-0.39, 0.29) is 43.7 Å². The van der Waals surface area contributed by atoms with Crippen molar-refractivity contribution in [3.63, 3.8) is 0 Å². The van der Waals surface area contributed by atoms with Gasteiger partial charge in [0.25, 0.3) is 0 Å². The van der Waals surface area contributed by atoms with Gasteiger partial charge in [-0.05, 0) is 0 Å². The van der Waals surface area contributed by atoms with Gasteiger partial charge < -0.3 is 24.8 Å². The van der Waals surface area contributed by atoms with Gasteiger partial charge in [0.1, 0.15) is 0 Å². The standard InChI is InChI=1S/CN.2ClH.Cu.Li/c1-2;;;;/h;2*1H;;/q;;;2*+1/p-2. The molecule has 0 aliphatic heterocycles. The Morgan fingerprint density at radius 1 is 1.33 bits per heavy atom. The van der Waals surface area contributed by atoms with Crippen molar-refractivity contribution >= 4 is 0 Å². The van der Waals surface area contributed by atoms with Crippen LogP contribution in [-0.4, -0.2) is 0 Å². The molecule has 0 aromatic carbocycles. The van der Waals surface area contributed by atoms with Crippen molar-refractivity contribution in [3.05, 3.63) is 0 Å². The van der Waals surface area contributed by atoms with Crippen LogP contribution in [0, 0.1) is 10.2 Å². The van der Waals surface area contributed by atoms with Crippen LogP contribution in [0.5, 0.6) is 0 Å². The molecule has 0 aliphatic carbocycles. The van der Waals surface area contributed by atoms with E-state index in [1.165, 1.54) is 4.97 Å². The number of nitriles is 1. The molecule has 0 fully saturated rings. The van der Waals surface area contributed by atoms with Crippen molar-refractivity contribution in [1.82, 2.24) is 0 Å². The average Bonchev–Trinajstić information content (AvgIpc) is 0.918. The summed E-state index contributed by atoms with van der Waals surface area (Å²) in [6.45, 7) is 0. The van der Waals surface area contributed by atoms with Crippen molar-refractivity contribution < 1.29 is 59.7 Å². The van der Waals surface area contributed by atoms with Gasteiger partial charge in [-0.15, -0.1) is 0 Å². The molecule has 0 unspecified atom stereocenters. The Kier molecular flexibility index (Phi) is 157. The first-order valence-corrected chi connectivity index (χ1v) is 0.845. The van der Waals surface area contributed by atoms with E-state index in [0.29, 0.717) is 0 Å². The second kappa shape index (κ2) is 34.8. The summed E-state index contributed by atoms with van der Waals surface area (Å²) in [6.07, 6.45) is 0. The molecule has 5 heteroatoms. The molecule has 0 saturated carbocycles. The zero-order chi connectivity index (χ0) is 2.71. The molecule has 0 bridgehead atoms. The number of hydrogen-bond acceptors (Lipinski definition) is 1. The molecular formula is CCl2CuLiN. The monoisotopic (exact) mass is 166 g/mol. The Balaban J connectivity index is -0.00000000667. The van der Waals surface area contributed by atoms with E-state index in [0.717, 1.165) is 0 Å². The predicted molar refractivity (Wildman–Crippen MR) is 5.61 cm³/mol. The molecule has 0 N–H and O–H groups in total. The van der Waals surface area contributed by atoms with Gasteiger partial charge in [-0.25, -0.2) is 0 Å². The fraction of sp³-hybridized carbons (Fsp3) is 0. The van der Waals surface area contributed by atoms with Crippen LogP contribution in [0.3, 0.4) is 0 Å². The van der Waals surface area contributed by atoms with Crippen LogP contribution in [0.2, 0.25) is 0 Å². The Bertz CT molecular complexity index is 35.0. The van der Waals surface area contributed by atoms with Crippen LogP contribution >= 0.6 is 0 Å². The van der Waals surface area contributed by atoms with Crippen molar-refractivity contribution in [2.24, 2.45) is 0 Å². The summed E-state index contributed by atoms with van der Waals surface area (Å²) in [6, 6.07) is 0. The van der Waals surface area contributed by atoms with Gasteiger partial charge in [-0.2, -0.15) is 0 Å². The quantitative estimate of drug-likeness (QED) is 0.329. The normalized spacial score (nSPS) is 1.50. The number of halogens is 2. The fourth-order valence-corrected chi connectivity index (χ4v) is 0. The molecule has 0 spiro atoms.